The molecule has 2 aromatic rings. The van der Waals surface area contributed by atoms with Gasteiger partial charge in [-0.15, -0.1) is 0 Å². The highest BCUT2D eigenvalue weighted by molar-refractivity contribution is 7.89. The van der Waals surface area contributed by atoms with Gasteiger partial charge in [0, 0.05) is 30.7 Å². The van der Waals surface area contributed by atoms with Crippen molar-refractivity contribution in [3.05, 3.63) is 53.5 Å². The lowest BCUT2D eigenvalue weighted by Crippen LogP contribution is -2.32. The Morgan fingerprint density at radius 2 is 2.07 bits per heavy atom. The molecule has 2 aliphatic rings. The molecule has 1 fully saturated rings. The Morgan fingerprint density at radius 1 is 1.18 bits per heavy atom. The molecule has 1 aliphatic heterocycles. The van der Waals surface area contributed by atoms with Gasteiger partial charge in [0.25, 0.3) is 5.91 Å². The third kappa shape index (κ3) is 4.14. The van der Waals surface area contributed by atoms with Crippen LogP contribution in [-0.4, -0.2) is 33.6 Å². The lowest BCUT2D eigenvalue weighted by Gasteiger charge is -2.22. The molecular weight excluding hydrogens is 380 g/mol. The van der Waals surface area contributed by atoms with Crippen molar-refractivity contribution in [1.29, 1.82) is 0 Å². The Bertz CT molecular complexity index is 947. The number of carbonyl (C=O) groups is 1. The maximum absolute atomic E-state index is 12.7. The molecule has 1 aromatic heterocycles. The second-order valence-corrected chi connectivity index (χ2v) is 9.00. The van der Waals surface area contributed by atoms with Crippen LogP contribution in [0, 0.1) is 0 Å². The maximum atomic E-state index is 12.7. The molecular formula is C20H24N2O5S. The van der Waals surface area contributed by atoms with Crippen molar-refractivity contribution in [2.45, 2.75) is 49.1 Å². The Balaban J connectivity index is 1.45. The molecule has 28 heavy (non-hydrogen) atoms. The summed E-state index contributed by atoms with van der Waals surface area (Å²) in [6.07, 6.45) is 5.99. The molecule has 0 spiro atoms. The Kier molecular flexibility index (Phi) is 5.52. The number of furan rings is 1. The molecule has 1 aliphatic carbocycles. The van der Waals surface area contributed by atoms with Crippen LogP contribution in [0.15, 0.2) is 45.9 Å². The van der Waals surface area contributed by atoms with Gasteiger partial charge >= 0.3 is 0 Å². The van der Waals surface area contributed by atoms with E-state index in [0.29, 0.717) is 12.2 Å². The van der Waals surface area contributed by atoms with E-state index in [1.807, 2.05) is 6.07 Å². The van der Waals surface area contributed by atoms with Gasteiger partial charge in [0.2, 0.25) is 10.0 Å². The first-order valence-electron chi connectivity index (χ1n) is 9.61. The summed E-state index contributed by atoms with van der Waals surface area (Å²) in [6.45, 7) is 0.908. The van der Waals surface area contributed by atoms with Crippen molar-refractivity contribution in [2.75, 3.05) is 13.2 Å². The van der Waals surface area contributed by atoms with Crippen molar-refractivity contribution >= 4 is 15.9 Å². The van der Waals surface area contributed by atoms with Gasteiger partial charge in [0.15, 0.2) is 0 Å². The van der Waals surface area contributed by atoms with Crippen molar-refractivity contribution in [1.82, 2.24) is 10.0 Å². The zero-order valence-corrected chi connectivity index (χ0v) is 16.3. The first-order chi connectivity index (χ1) is 13.5. The highest BCUT2D eigenvalue weighted by atomic mass is 32.2. The van der Waals surface area contributed by atoms with Crippen LogP contribution >= 0.6 is 0 Å². The van der Waals surface area contributed by atoms with Crippen LogP contribution in [0.5, 0.6) is 0 Å². The topological polar surface area (TPSA) is 97.6 Å². The van der Waals surface area contributed by atoms with Crippen LogP contribution in [0.4, 0.5) is 0 Å². The SMILES string of the molecule is O=C(NC1CCCc2occc21)c1cccc(S(=O)(=O)NCC2CCCO2)c1. The standard InChI is InChI=1S/C20H24N2O5S/c23-20(22-18-7-2-8-19-17(18)9-11-27-19)14-4-1-6-16(12-14)28(24,25)21-13-15-5-3-10-26-15/h1,4,6,9,11-12,15,18,21H,2-3,5,7-8,10,13H2,(H,22,23). The third-order valence-electron chi connectivity index (χ3n) is 5.29. The van der Waals surface area contributed by atoms with E-state index in [2.05, 4.69) is 10.0 Å². The van der Waals surface area contributed by atoms with Gasteiger partial charge in [-0.25, -0.2) is 13.1 Å². The average Bonchev–Trinajstić information content (AvgIpc) is 3.39. The van der Waals surface area contributed by atoms with Gasteiger partial charge in [0.1, 0.15) is 5.76 Å². The van der Waals surface area contributed by atoms with Gasteiger partial charge in [-0.05, 0) is 49.9 Å². The van der Waals surface area contributed by atoms with Gasteiger partial charge in [-0.3, -0.25) is 4.79 Å². The second kappa shape index (κ2) is 8.06. The predicted molar refractivity (Wildman–Crippen MR) is 102 cm³/mol. The molecule has 2 heterocycles. The first-order valence-corrected chi connectivity index (χ1v) is 11.1. The zero-order chi connectivity index (χ0) is 19.6. The normalized spacial score (nSPS) is 22.0. The molecule has 0 saturated carbocycles. The van der Waals surface area contributed by atoms with Gasteiger partial charge < -0.3 is 14.5 Å². The fourth-order valence-corrected chi connectivity index (χ4v) is 4.89. The predicted octanol–water partition coefficient (Wildman–Crippen LogP) is 2.54. The van der Waals surface area contributed by atoms with Gasteiger partial charge in [-0.1, -0.05) is 6.07 Å². The lowest BCUT2D eigenvalue weighted by atomic mass is 9.93. The van der Waals surface area contributed by atoms with Crippen LogP contribution < -0.4 is 10.0 Å². The summed E-state index contributed by atoms with van der Waals surface area (Å²) in [6, 6.07) is 7.87. The molecule has 2 unspecified atom stereocenters. The molecule has 0 radical (unpaired) electrons. The summed E-state index contributed by atoms with van der Waals surface area (Å²) in [4.78, 5) is 12.8. The minimum atomic E-state index is -3.70. The summed E-state index contributed by atoms with van der Waals surface area (Å²) in [5.41, 5.74) is 1.32. The summed E-state index contributed by atoms with van der Waals surface area (Å²) in [5.74, 6) is 0.612. The minimum Gasteiger partial charge on any atom is -0.469 e. The first kappa shape index (κ1) is 19.2. The number of fused-ring (bicyclic) bond motifs is 1. The summed E-state index contributed by atoms with van der Waals surface area (Å²) in [5, 5.41) is 3.00. The van der Waals surface area contributed by atoms with Crippen LogP contribution in [0.1, 0.15) is 53.4 Å². The summed E-state index contributed by atoms with van der Waals surface area (Å²) in [7, 11) is -3.70. The van der Waals surface area contributed by atoms with E-state index in [0.717, 1.165) is 43.4 Å². The van der Waals surface area contributed by atoms with E-state index in [4.69, 9.17) is 9.15 Å². The zero-order valence-electron chi connectivity index (χ0n) is 15.5. The summed E-state index contributed by atoms with van der Waals surface area (Å²) < 4.78 is 38.6. The van der Waals surface area contributed by atoms with Crippen molar-refractivity contribution < 1.29 is 22.4 Å². The van der Waals surface area contributed by atoms with Crippen LogP contribution in [0.2, 0.25) is 0 Å². The molecule has 7 nitrogen and oxygen atoms in total. The number of ether oxygens (including phenoxy) is 1. The molecule has 4 rings (SSSR count). The third-order valence-corrected chi connectivity index (χ3v) is 6.71. The minimum absolute atomic E-state index is 0.0748. The fraction of sp³-hybridized carbons (Fsp3) is 0.450. The van der Waals surface area contributed by atoms with Crippen LogP contribution in [0.3, 0.4) is 0 Å². The Morgan fingerprint density at radius 3 is 2.89 bits per heavy atom. The van der Waals surface area contributed by atoms with Crippen molar-refractivity contribution in [3.8, 4) is 0 Å². The molecule has 2 atom stereocenters. The molecule has 8 heteroatoms. The van der Waals surface area contributed by atoms with Gasteiger partial charge in [0.05, 0.1) is 23.3 Å². The highest BCUT2D eigenvalue weighted by Crippen LogP contribution is 2.30. The van der Waals surface area contributed by atoms with E-state index in [-0.39, 0.29) is 29.5 Å². The number of carbonyl (C=O) groups excluding carboxylic acids is 1. The summed E-state index contributed by atoms with van der Waals surface area (Å²) >= 11 is 0. The molecule has 150 valence electrons. The number of nitrogens with one attached hydrogen (secondary N) is 2. The lowest BCUT2D eigenvalue weighted by molar-refractivity contribution is 0.0932. The molecule has 2 N–H and O–H groups in total. The number of benzene rings is 1. The smallest absolute Gasteiger partial charge is 0.251 e. The Hall–Kier alpha value is -2.16. The fourth-order valence-electron chi connectivity index (χ4n) is 3.77. The number of rotatable bonds is 6. The average molecular weight is 404 g/mol. The van der Waals surface area contributed by atoms with Crippen molar-refractivity contribution in [2.24, 2.45) is 0 Å². The van der Waals surface area contributed by atoms with Crippen LogP contribution in [-0.2, 0) is 21.2 Å². The second-order valence-electron chi connectivity index (χ2n) is 7.23. The molecule has 1 saturated heterocycles. The monoisotopic (exact) mass is 404 g/mol. The molecule has 1 aromatic carbocycles. The molecule has 1 amide bonds. The Labute approximate surface area is 164 Å². The van der Waals surface area contributed by atoms with E-state index in [1.165, 1.54) is 12.1 Å². The van der Waals surface area contributed by atoms with E-state index < -0.39 is 10.0 Å². The number of sulfonamides is 1. The van der Waals surface area contributed by atoms with Crippen molar-refractivity contribution in [3.63, 3.8) is 0 Å². The largest absolute Gasteiger partial charge is 0.469 e. The van der Waals surface area contributed by atoms with Crippen LogP contribution in [0.25, 0.3) is 0 Å². The highest BCUT2D eigenvalue weighted by Gasteiger charge is 2.25. The number of aryl methyl sites for hydroxylation is 1. The quantitative estimate of drug-likeness (QED) is 0.771. The van der Waals surface area contributed by atoms with E-state index in [1.54, 1.807) is 18.4 Å². The van der Waals surface area contributed by atoms with E-state index in [9.17, 15) is 13.2 Å². The van der Waals surface area contributed by atoms with Gasteiger partial charge in [-0.2, -0.15) is 0 Å². The number of hydrogen-bond acceptors (Lipinski definition) is 5. The van der Waals surface area contributed by atoms with E-state index >= 15 is 0 Å². The number of hydrogen-bond donors (Lipinski definition) is 2. The number of amides is 1. The molecule has 0 bridgehead atoms. The maximum Gasteiger partial charge on any atom is 0.251 e.